The summed E-state index contributed by atoms with van der Waals surface area (Å²) >= 11 is 0. The van der Waals surface area contributed by atoms with Crippen molar-refractivity contribution in [2.45, 2.75) is 106 Å². The molecule has 54 heavy (non-hydrogen) atoms. The number of fused-ring (bicyclic) bond motifs is 4. The SMILES string of the molecule is CC1(S(=O)(=O)NC(=O)[C@@]23C[C@H]2C=CCCCCC[C@H](Nc2nc4ccccc4o2)C(=O)N2C[C@H](OC(=O)N4Cc5cccc(F)c5C4)C[C@H]2C(=O)N3)CC1. The van der Waals surface area contributed by atoms with Crippen LogP contribution in [0.25, 0.3) is 11.1 Å². The number of amides is 4. The lowest BCUT2D eigenvalue weighted by Gasteiger charge is -2.29. The number of anilines is 1. The second kappa shape index (κ2) is 13.7. The summed E-state index contributed by atoms with van der Waals surface area (Å²) in [7, 11) is -4.00. The van der Waals surface area contributed by atoms with Crippen LogP contribution < -0.4 is 15.4 Å². The Bertz CT molecular complexity index is 2120. The monoisotopic (exact) mass is 762 g/mol. The van der Waals surface area contributed by atoms with E-state index in [1.54, 1.807) is 31.2 Å². The van der Waals surface area contributed by atoms with Crippen LogP contribution in [-0.4, -0.2) is 82.0 Å². The highest BCUT2D eigenvalue weighted by Crippen LogP contribution is 2.47. The number of benzene rings is 2. The molecule has 3 N–H and O–H groups in total. The van der Waals surface area contributed by atoms with E-state index >= 15 is 0 Å². The smallest absolute Gasteiger partial charge is 0.410 e. The van der Waals surface area contributed by atoms with Crippen LogP contribution in [0.3, 0.4) is 0 Å². The Morgan fingerprint density at radius 3 is 2.67 bits per heavy atom. The number of halogens is 1. The number of sulfonamides is 1. The Hall–Kier alpha value is -4.99. The summed E-state index contributed by atoms with van der Waals surface area (Å²) in [6.45, 7) is 1.62. The number of nitrogens with zero attached hydrogens (tertiary/aromatic N) is 3. The van der Waals surface area contributed by atoms with Crippen LogP contribution in [0, 0.1) is 11.7 Å². The highest BCUT2D eigenvalue weighted by Gasteiger charge is 2.63. The summed E-state index contributed by atoms with van der Waals surface area (Å²) in [5.41, 5.74) is 0.669. The molecule has 4 heterocycles. The third kappa shape index (κ3) is 6.80. The lowest BCUT2D eigenvalue weighted by Crippen LogP contribution is -2.58. The van der Waals surface area contributed by atoms with Crippen molar-refractivity contribution in [3.63, 3.8) is 0 Å². The number of oxazole rings is 1. The first-order valence-corrected chi connectivity index (χ1v) is 20.0. The van der Waals surface area contributed by atoms with Crippen molar-refractivity contribution in [1.82, 2.24) is 24.8 Å². The van der Waals surface area contributed by atoms with E-state index in [-0.39, 0.29) is 38.5 Å². The second-order valence-corrected chi connectivity index (χ2v) is 17.6. The zero-order valence-electron chi connectivity index (χ0n) is 29.9. The molecule has 3 fully saturated rings. The zero-order valence-corrected chi connectivity index (χ0v) is 30.7. The number of carbonyl (C=O) groups excluding carboxylic acids is 4. The Labute approximate surface area is 311 Å². The zero-order chi connectivity index (χ0) is 37.8. The van der Waals surface area contributed by atoms with Crippen LogP contribution in [0.15, 0.2) is 59.0 Å². The third-order valence-electron chi connectivity index (χ3n) is 11.5. The molecule has 1 aromatic heterocycles. The van der Waals surface area contributed by atoms with Gasteiger partial charge in [0.2, 0.25) is 21.8 Å². The summed E-state index contributed by atoms with van der Waals surface area (Å²) in [6.07, 6.45) is 6.47. The van der Waals surface area contributed by atoms with Gasteiger partial charge in [-0.15, -0.1) is 0 Å². The topological polar surface area (TPSA) is 180 Å². The Morgan fingerprint density at radius 1 is 1.07 bits per heavy atom. The van der Waals surface area contributed by atoms with Gasteiger partial charge in [-0.05, 0) is 69.2 Å². The van der Waals surface area contributed by atoms with Crippen molar-refractivity contribution >= 4 is 51.0 Å². The third-order valence-corrected chi connectivity index (χ3v) is 13.7. The first kappa shape index (κ1) is 36.0. The molecule has 0 bridgehead atoms. The second-order valence-electron chi connectivity index (χ2n) is 15.4. The minimum absolute atomic E-state index is 0.0190. The van der Waals surface area contributed by atoms with Crippen molar-refractivity contribution in [3.8, 4) is 0 Å². The van der Waals surface area contributed by atoms with E-state index in [2.05, 4.69) is 20.3 Å². The Morgan fingerprint density at radius 2 is 1.89 bits per heavy atom. The van der Waals surface area contributed by atoms with E-state index < -0.39 is 74.0 Å². The van der Waals surface area contributed by atoms with E-state index in [9.17, 15) is 32.0 Å². The van der Waals surface area contributed by atoms with E-state index in [0.29, 0.717) is 54.3 Å². The van der Waals surface area contributed by atoms with Crippen LogP contribution in [0.5, 0.6) is 0 Å². The fourth-order valence-corrected chi connectivity index (χ4v) is 9.07. The van der Waals surface area contributed by atoms with Gasteiger partial charge in [-0.25, -0.2) is 17.6 Å². The first-order valence-electron chi connectivity index (χ1n) is 18.6. The molecule has 0 spiro atoms. The number of hydrogen-bond donors (Lipinski definition) is 3. The molecule has 4 amide bonds. The van der Waals surface area contributed by atoms with Gasteiger partial charge < -0.3 is 24.7 Å². The molecule has 8 rings (SSSR count). The summed E-state index contributed by atoms with van der Waals surface area (Å²) in [4.78, 5) is 63.4. The van der Waals surface area contributed by atoms with Gasteiger partial charge in [-0.2, -0.15) is 4.98 Å². The number of carbonyl (C=O) groups is 4. The molecule has 14 nitrogen and oxygen atoms in total. The van der Waals surface area contributed by atoms with Crippen molar-refractivity contribution in [3.05, 3.63) is 71.6 Å². The van der Waals surface area contributed by atoms with E-state index in [1.807, 2.05) is 24.3 Å². The summed E-state index contributed by atoms with van der Waals surface area (Å²) < 4.78 is 53.7. The van der Waals surface area contributed by atoms with Gasteiger partial charge in [0.15, 0.2) is 5.58 Å². The molecule has 5 atom stereocenters. The molecule has 0 unspecified atom stereocenters. The quantitative estimate of drug-likeness (QED) is 0.307. The molecular formula is C38H43FN6O8S. The molecule has 5 aliphatic rings. The molecule has 16 heteroatoms. The van der Waals surface area contributed by atoms with Gasteiger partial charge >= 0.3 is 6.09 Å². The number of allylic oxidation sites excluding steroid dienone is 1. The van der Waals surface area contributed by atoms with Crippen molar-refractivity contribution in [2.75, 3.05) is 11.9 Å². The van der Waals surface area contributed by atoms with Gasteiger partial charge in [0.05, 0.1) is 17.8 Å². The number of nitrogens with one attached hydrogen (secondary N) is 3. The summed E-state index contributed by atoms with van der Waals surface area (Å²) in [5.74, 6) is -2.82. The number of rotatable bonds is 6. The van der Waals surface area contributed by atoms with Crippen LogP contribution in [-0.2, 0) is 42.2 Å². The van der Waals surface area contributed by atoms with Crippen LogP contribution in [0.1, 0.15) is 75.8 Å². The predicted octanol–water partition coefficient (Wildman–Crippen LogP) is 4.26. The van der Waals surface area contributed by atoms with Crippen LogP contribution in [0.2, 0.25) is 0 Å². The standard InChI is InChI=1S/C38H43FN6O8S/c1-37(16-17-37)54(50,51)43-34(48)38-19-24(38)11-5-3-2-4-6-14-29(41-35-40-28-13-7-8-15-31(28)53-35)33(47)45-21-25(18-30(45)32(46)42-38)52-36(49)44-20-23-10-9-12-27(39)26(23)22-44/h5,7-13,15,24-25,29-30H,2-4,6,14,16-22H2,1H3,(H,40,41)(H,42,46)(H,43,48)/t24-,25-,29+,30+,38-/m1/s1. The Balaban J connectivity index is 1.07. The number of hydrogen-bond acceptors (Lipinski definition) is 10. The van der Waals surface area contributed by atoms with E-state index in [0.717, 1.165) is 12.8 Å². The van der Waals surface area contributed by atoms with Crippen LogP contribution >= 0.6 is 0 Å². The first-order chi connectivity index (χ1) is 25.9. The van der Waals surface area contributed by atoms with Crippen molar-refractivity contribution in [1.29, 1.82) is 0 Å². The average molecular weight is 763 g/mol. The van der Waals surface area contributed by atoms with E-state index in [1.165, 1.54) is 15.9 Å². The van der Waals surface area contributed by atoms with E-state index in [4.69, 9.17) is 9.15 Å². The molecule has 3 aromatic rings. The average Bonchev–Trinajstić information content (AvgIpc) is 3.81. The molecule has 3 aliphatic heterocycles. The number of ether oxygens (including phenoxy) is 1. The molecule has 0 radical (unpaired) electrons. The fraction of sp³-hybridized carbons (Fsp3) is 0.500. The normalized spacial score (nSPS) is 27.9. The minimum atomic E-state index is -4.00. The molecule has 2 saturated carbocycles. The fourth-order valence-electron chi connectivity index (χ4n) is 7.76. The lowest BCUT2D eigenvalue weighted by atomic mass is 10.0. The molecule has 1 saturated heterocycles. The van der Waals surface area contributed by atoms with Gasteiger partial charge in [0.25, 0.3) is 11.9 Å². The van der Waals surface area contributed by atoms with Crippen LogP contribution in [0.4, 0.5) is 15.2 Å². The maximum atomic E-state index is 14.6. The molecule has 286 valence electrons. The van der Waals surface area contributed by atoms with Gasteiger partial charge in [-0.1, -0.05) is 49.3 Å². The summed E-state index contributed by atoms with van der Waals surface area (Å²) in [6, 6.07) is 9.94. The number of para-hydroxylation sites is 2. The molecule has 2 aliphatic carbocycles. The highest BCUT2D eigenvalue weighted by atomic mass is 32.2. The largest absolute Gasteiger partial charge is 0.444 e. The maximum Gasteiger partial charge on any atom is 0.410 e. The molecule has 2 aromatic carbocycles. The van der Waals surface area contributed by atoms with Gasteiger partial charge in [0.1, 0.15) is 35.1 Å². The Kier molecular flexibility index (Phi) is 9.13. The highest BCUT2D eigenvalue weighted by molar-refractivity contribution is 7.91. The summed E-state index contributed by atoms with van der Waals surface area (Å²) in [5, 5.41) is 6.00. The molecular weight excluding hydrogens is 720 g/mol. The van der Waals surface area contributed by atoms with Crippen molar-refractivity contribution in [2.24, 2.45) is 5.92 Å². The van der Waals surface area contributed by atoms with Gasteiger partial charge in [0, 0.05) is 24.4 Å². The van der Waals surface area contributed by atoms with Crippen molar-refractivity contribution < 1.29 is 41.1 Å². The van der Waals surface area contributed by atoms with Gasteiger partial charge in [-0.3, -0.25) is 24.0 Å². The number of aromatic nitrogens is 1. The lowest BCUT2D eigenvalue weighted by molar-refractivity contribution is -0.140. The predicted molar refractivity (Wildman–Crippen MR) is 193 cm³/mol. The maximum absolute atomic E-state index is 14.6. The minimum Gasteiger partial charge on any atom is -0.444 e.